The number of nitro benzene ring substituents is 1. The van der Waals surface area contributed by atoms with Gasteiger partial charge in [0.2, 0.25) is 0 Å². The third-order valence-electron chi connectivity index (χ3n) is 4.36. The lowest BCUT2D eigenvalue weighted by molar-refractivity contribution is -0.384. The van der Waals surface area contributed by atoms with E-state index in [1.807, 2.05) is 4.90 Å². The van der Waals surface area contributed by atoms with Gasteiger partial charge in [0.25, 0.3) is 11.6 Å². The van der Waals surface area contributed by atoms with Crippen molar-refractivity contribution in [2.24, 2.45) is 5.92 Å². The molecule has 2 aliphatic heterocycles. The second-order valence-electron chi connectivity index (χ2n) is 5.53. The largest absolute Gasteiger partial charge is 0.334 e. The Kier molecular flexibility index (Phi) is 3.17. The van der Waals surface area contributed by atoms with Crippen molar-refractivity contribution in [3.05, 3.63) is 39.4 Å². The maximum atomic E-state index is 12.6. The predicted octanol–water partition coefficient (Wildman–Crippen LogP) is 1.34. The van der Waals surface area contributed by atoms with Crippen LogP contribution < -0.4 is 5.32 Å². The molecule has 20 heavy (non-hydrogen) atoms. The van der Waals surface area contributed by atoms with Crippen LogP contribution in [0.5, 0.6) is 0 Å². The highest BCUT2D eigenvalue weighted by Crippen LogP contribution is 2.29. The Labute approximate surface area is 116 Å². The van der Waals surface area contributed by atoms with Gasteiger partial charge in [-0.15, -0.1) is 0 Å². The lowest BCUT2D eigenvalue weighted by Gasteiger charge is -2.24. The molecule has 1 N–H and O–H groups in total. The minimum Gasteiger partial charge on any atom is -0.334 e. The van der Waals surface area contributed by atoms with Crippen molar-refractivity contribution >= 4 is 11.6 Å². The number of amides is 1. The molecule has 3 rings (SSSR count). The first-order valence-electron chi connectivity index (χ1n) is 6.84. The van der Waals surface area contributed by atoms with Crippen LogP contribution in [-0.2, 0) is 0 Å². The van der Waals surface area contributed by atoms with Gasteiger partial charge in [0.1, 0.15) is 0 Å². The molecule has 0 saturated carbocycles. The van der Waals surface area contributed by atoms with Crippen LogP contribution in [0.25, 0.3) is 0 Å². The summed E-state index contributed by atoms with van der Waals surface area (Å²) in [6.07, 6.45) is 1.04. The minimum absolute atomic E-state index is 0.00593. The second kappa shape index (κ2) is 4.86. The molecule has 1 aromatic rings. The molecule has 6 heteroatoms. The van der Waals surface area contributed by atoms with E-state index in [9.17, 15) is 14.9 Å². The standard InChI is InChI=1S/C14H17N3O3/c1-9-6-11(17(19)20)2-3-12(9)14(18)16-5-4-10-7-15-8-13(10)16/h2-3,6,10,13,15H,4-5,7-8H2,1H3/t10-,13+/m0/s1. The number of non-ortho nitro benzene ring substituents is 1. The van der Waals surface area contributed by atoms with Gasteiger partial charge in [0.05, 0.1) is 4.92 Å². The Hall–Kier alpha value is -1.95. The monoisotopic (exact) mass is 275 g/mol. The van der Waals surface area contributed by atoms with Gasteiger partial charge in [-0.25, -0.2) is 0 Å². The SMILES string of the molecule is Cc1cc([N+](=O)[O-])ccc1C(=O)N1CC[C@H]2CNC[C@H]21. The molecular weight excluding hydrogens is 258 g/mol. The van der Waals surface area contributed by atoms with Crippen molar-refractivity contribution in [3.63, 3.8) is 0 Å². The van der Waals surface area contributed by atoms with Crippen LogP contribution in [0, 0.1) is 23.0 Å². The molecule has 0 spiro atoms. The zero-order valence-electron chi connectivity index (χ0n) is 11.3. The van der Waals surface area contributed by atoms with Crippen LogP contribution >= 0.6 is 0 Å². The van der Waals surface area contributed by atoms with Gasteiger partial charge >= 0.3 is 0 Å². The van der Waals surface area contributed by atoms with Crippen LogP contribution in [0.2, 0.25) is 0 Å². The number of nitrogens with zero attached hydrogens (tertiary/aromatic N) is 2. The summed E-state index contributed by atoms with van der Waals surface area (Å²) in [4.78, 5) is 24.8. The number of hydrogen-bond acceptors (Lipinski definition) is 4. The lowest BCUT2D eigenvalue weighted by Crippen LogP contribution is -2.39. The fourth-order valence-corrected chi connectivity index (χ4v) is 3.26. The first kappa shape index (κ1) is 13.1. The summed E-state index contributed by atoms with van der Waals surface area (Å²) in [6.45, 7) is 4.36. The van der Waals surface area contributed by atoms with Gasteiger partial charge in [0, 0.05) is 43.4 Å². The number of carbonyl (C=O) groups excluding carboxylic acids is 1. The number of hydrogen-bond donors (Lipinski definition) is 1. The average molecular weight is 275 g/mol. The third-order valence-corrected chi connectivity index (χ3v) is 4.36. The number of aryl methyl sites for hydroxylation is 1. The van der Waals surface area contributed by atoms with Gasteiger partial charge in [-0.05, 0) is 30.9 Å². The van der Waals surface area contributed by atoms with Crippen LogP contribution in [-0.4, -0.2) is 41.4 Å². The molecular formula is C14H17N3O3. The molecule has 2 aliphatic rings. The lowest BCUT2D eigenvalue weighted by atomic mass is 10.0. The highest BCUT2D eigenvalue weighted by atomic mass is 16.6. The molecule has 6 nitrogen and oxygen atoms in total. The van der Waals surface area contributed by atoms with Crippen molar-refractivity contribution in [2.75, 3.05) is 19.6 Å². The van der Waals surface area contributed by atoms with Crippen molar-refractivity contribution in [3.8, 4) is 0 Å². The number of nitro groups is 1. The van der Waals surface area contributed by atoms with Crippen LogP contribution in [0.4, 0.5) is 5.69 Å². The smallest absolute Gasteiger partial charge is 0.269 e. The van der Waals surface area contributed by atoms with E-state index in [0.717, 1.165) is 26.1 Å². The van der Waals surface area contributed by atoms with Gasteiger partial charge in [-0.3, -0.25) is 14.9 Å². The zero-order valence-corrected chi connectivity index (χ0v) is 11.3. The fraction of sp³-hybridized carbons (Fsp3) is 0.500. The summed E-state index contributed by atoms with van der Waals surface area (Å²) in [6, 6.07) is 4.72. The highest BCUT2D eigenvalue weighted by Gasteiger charge is 2.40. The van der Waals surface area contributed by atoms with Crippen molar-refractivity contribution in [1.82, 2.24) is 10.2 Å². The molecule has 0 aromatic heterocycles. The molecule has 0 aliphatic carbocycles. The number of rotatable bonds is 2. The van der Waals surface area contributed by atoms with Crippen LogP contribution in [0.15, 0.2) is 18.2 Å². The van der Waals surface area contributed by atoms with Gasteiger partial charge in [-0.2, -0.15) is 0 Å². The Bertz CT molecular complexity index is 573. The quantitative estimate of drug-likeness (QED) is 0.652. The van der Waals surface area contributed by atoms with E-state index in [-0.39, 0.29) is 17.6 Å². The summed E-state index contributed by atoms with van der Waals surface area (Å²) in [5.74, 6) is 0.547. The normalized spacial score (nSPS) is 24.8. The Balaban J connectivity index is 1.85. The first-order valence-corrected chi connectivity index (χ1v) is 6.84. The minimum atomic E-state index is -0.436. The van der Waals surface area contributed by atoms with Crippen LogP contribution in [0.3, 0.4) is 0 Å². The Morgan fingerprint density at radius 1 is 1.45 bits per heavy atom. The number of fused-ring (bicyclic) bond motifs is 1. The molecule has 1 amide bonds. The molecule has 1 aromatic carbocycles. The van der Waals surface area contributed by atoms with Crippen molar-refractivity contribution < 1.29 is 9.72 Å². The summed E-state index contributed by atoms with van der Waals surface area (Å²) in [5.41, 5.74) is 1.27. The number of likely N-dealkylation sites (tertiary alicyclic amines) is 1. The summed E-state index contributed by atoms with van der Waals surface area (Å²) >= 11 is 0. The first-order chi connectivity index (χ1) is 9.58. The van der Waals surface area contributed by atoms with E-state index in [4.69, 9.17) is 0 Å². The second-order valence-corrected chi connectivity index (χ2v) is 5.53. The molecule has 0 radical (unpaired) electrons. The zero-order chi connectivity index (χ0) is 14.3. The molecule has 2 fully saturated rings. The van der Waals surface area contributed by atoms with Gasteiger partial charge in [-0.1, -0.05) is 0 Å². The summed E-state index contributed by atoms with van der Waals surface area (Å²) in [7, 11) is 0. The fourth-order valence-electron chi connectivity index (χ4n) is 3.26. The molecule has 2 saturated heterocycles. The van der Waals surface area contributed by atoms with Crippen molar-refractivity contribution in [1.29, 1.82) is 0 Å². The van der Waals surface area contributed by atoms with Crippen molar-refractivity contribution in [2.45, 2.75) is 19.4 Å². The molecule has 0 unspecified atom stereocenters. The molecule has 0 bridgehead atoms. The van der Waals surface area contributed by atoms with E-state index in [1.165, 1.54) is 12.1 Å². The average Bonchev–Trinajstić information content (AvgIpc) is 2.99. The van der Waals surface area contributed by atoms with E-state index < -0.39 is 4.92 Å². The molecule has 2 atom stereocenters. The number of benzene rings is 1. The third kappa shape index (κ3) is 2.06. The van der Waals surface area contributed by atoms with E-state index in [2.05, 4.69) is 5.32 Å². The summed E-state index contributed by atoms with van der Waals surface area (Å²) < 4.78 is 0. The molecule has 2 heterocycles. The van der Waals surface area contributed by atoms with Gasteiger partial charge < -0.3 is 10.2 Å². The maximum absolute atomic E-state index is 12.6. The number of carbonyl (C=O) groups is 1. The van der Waals surface area contributed by atoms with E-state index in [1.54, 1.807) is 13.0 Å². The van der Waals surface area contributed by atoms with E-state index >= 15 is 0 Å². The Morgan fingerprint density at radius 2 is 2.25 bits per heavy atom. The number of nitrogens with one attached hydrogen (secondary N) is 1. The maximum Gasteiger partial charge on any atom is 0.269 e. The van der Waals surface area contributed by atoms with Gasteiger partial charge in [0.15, 0.2) is 0 Å². The Morgan fingerprint density at radius 3 is 2.95 bits per heavy atom. The topological polar surface area (TPSA) is 75.5 Å². The van der Waals surface area contributed by atoms with Crippen LogP contribution in [0.1, 0.15) is 22.3 Å². The summed E-state index contributed by atoms with van der Waals surface area (Å²) in [5, 5.41) is 14.1. The predicted molar refractivity (Wildman–Crippen MR) is 73.6 cm³/mol. The molecule has 106 valence electrons. The van der Waals surface area contributed by atoms with E-state index in [0.29, 0.717) is 17.0 Å². The highest BCUT2D eigenvalue weighted by molar-refractivity contribution is 5.96.